The standard InChI is InChI=1S/C17H15Cl2FN2O2/c1-2-8-24-14-9-11(12(18)10-13(14)19)15-16(20)21-6-4-3-5-7-22(21)17(15)23/h1,9-10H,3-8H2. The van der Waals surface area contributed by atoms with E-state index in [9.17, 15) is 9.18 Å². The topological polar surface area (TPSA) is 36.2 Å². The van der Waals surface area contributed by atoms with Gasteiger partial charge in [-0.2, -0.15) is 4.39 Å². The van der Waals surface area contributed by atoms with Gasteiger partial charge >= 0.3 is 0 Å². The van der Waals surface area contributed by atoms with E-state index in [2.05, 4.69) is 5.92 Å². The van der Waals surface area contributed by atoms with Crippen molar-refractivity contribution in [3.8, 4) is 29.2 Å². The summed E-state index contributed by atoms with van der Waals surface area (Å²) >= 11 is 12.3. The van der Waals surface area contributed by atoms with Crippen LogP contribution in [0.25, 0.3) is 11.1 Å². The van der Waals surface area contributed by atoms with Crippen LogP contribution in [0.4, 0.5) is 4.39 Å². The van der Waals surface area contributed by atoms with Crippen molar-refractivity contribution in [2.45, 2.75) is 32.4 Å². The summed E-state index contributed by atoms with van der Waals surface area (Å²) in [5, 5.41) is 0.436. The summed E-state index contributed by atoms with van der Waals surface area (Å²) in [6, 6.07) is 2.89. The van der Waals surface area contributed by atoms with Gasteiger partial charge in [-0.1, -0.05) is 29.1 Å². The summed E-state index contributed by atoms with van der Waals surface area (Å²) in [5.41, 5.74) is -0.214. The first-order valence-electron chi connectivity index (χ1n) is 7.59. The van der Waals surface area contributed by atoms with Crippen LogP contribution >= 0.6 is 23.2 Å². The predicted octanol–water partition coefficient (Wildman–Crippen LogP) is 3.96. The molecule has 0 radical (unpaired) electrons. The number of rotatable bonds is 3. The highest BCUT2D eigenvalue weighted by molar-refractivity contribution is 6.37. The van der Waals surface area contributed by atoms with E-state index in [1.807, 2.05) is 0 Å². The summed E-state index contributed by atoms with van der Waals surface area (Å²) in [6.45, 7) is 0.961. The van der Waals surface area contributed by atoms with Crippen LogP contribution in [0.5, 0.6) is 5.75 Å². The van der Waals surface area contributed by atoms with E-state index in [4.69, 9.17) is 34.4 Å². The molecular formula is C17H15Cl2FN2O2. The molecule has 0 atom stereocenters. The van der Waals surface area contributed by atoms with E-state index in [0.29, 0.717) is 13.1 Å². The van der Waals surface area contributed by atoms with Gasteiger partial charge in [0.15, 0.2) is 0 Å². The molecule has 0 aliphatic carbocycles. The second-order valence-electron chi connectivity index (χ2n) is 5.53. The largest absolute Gasteiger partial charge is 0.479 e. The van der Waals surface area contributed by atoms with Crippen LogP contribution in [0.2, 0.25) is 10.0 Å². The lowest BCUT2D eigenvalue weighted by molar-refractivity contribution is 0.371. The van der Waals surface area contributed by atoms with Gasteiger partial charge in [0.1, 0.15) is 17.9 Å². The fourth-order valence-electron chi connectivity index (χ4n) is 2.88. The van der Waals surface area contributed by atoms with E-state index < -0.39 is 11.5 Å². The highest BCUT2D eigenvalue weighted by atomic mass is 35.5. The Morgan fingerprint density at radius 2 is 1.88 bits per heavy atom. The van der Waals surface area contributed by atoms with Crippen LogP contribution in [-0.2, 0) is 13.1 Å². The second kappa shape index (κ2) is 6.92. The molecule has 2 aromatic rings. The van der Waals surface area contributed by atoms with Gasteiger partial charge in [0.05, 0.1) is 10.0 Å². The van der Waals surface area contributed by atoms with Crippen LogP contribution in [-0.4, -0.2) is 16.0 Å². The second-order valence-corrected chi connectivity index (χ2v) is 6.35. The van der Waals surface area contributed by atoms with Crippen molar-refractivity contribution >= 4 is 23.2 Å². The zero-order chi connectivity index (χ0) is 17.3. The Kier molecular flexibility index (Phi) is 4.88. The van der Waals surface area contributed by atoms with Gasteiger partial charge in [0.2, 0.25) is 5.95 Å². The molecule has 1 aliphatic heterocycles. The molecule has 126 valence electrons. The Balaban J connectivity index is 2.16. The minimum atomic E-state index is -0.589. The number of terminal acetylenes is 1. The van der Waals surface area contributed by atoms with Crippen molar-refractivity contribution in [3.63, 3.8) is 0 Å². The number of benzene rings is 1. The van der Waals surface area contributed by atoms with Gasteiger partial charge in [0, 0.05) is 18.7 Å². The third-order valence-corrected chi connectivity index (χ3v) is 4.62. The quantitative estimate of drug-likeness (QED) is 0.768. The molecule has 4 nitrogen and oxygen atoms in total. The van der Waals surface area contributed by atoms with Crippen LogP contribution in [0.1, 0.15) is 19.3 Å². The molecule has 3 rings (SSSR count). The lowest BCUT2D eigenvalue weighted by atomic mass is 10.1. The Bertz CT molecular complexity index is 880. The Labute approximate surface area is 148 Å². The molecule has 2 heterocycles. The minimum absolute atomic E-state index is 0.00845. The van der Waals surface area contributed by atoms with Crippen molar-refractivity contribution in [2.24, 2.45) is 0 Å². The van der Waals surface area contributed by atoms with Crippen molar-refractivity contribution in [2.75, 3.05) is 6.61 Å². The molecule has 0 unspecified atom stereocenters. The molecule has 7 heteroatoms. The van der Waals surface area contributed by atoms with E-state index >= 15 is 0 Å². The van der Waals surface area contributed by atoms with Crippen molar-refractivity contribution in [1.29, 1.82) is 0 Å². The molecule has 0 fully saturated rings. The van der Waals surface area contributed by atoms with Crippen LogP contribution < -0.4 is 10.3 Å². The molecule has 0 N–H and O–H groups in total. The SMILES string of the molecule is C#CCOc1cc(-c2c(F)n3n(c2=O)CCCCC3)c(Cl)cc1Cl. The highest BCUT2D eigenvalue weighted by Crippen LogP contribution is 2.37. The smallest absolute Gasteiger partial charge is 0.277 e. The van der Waals surface area contributed by atoms with E-state index in [-0.39, 0.29) is 33.5 Å². The Morgan fingerprint density at radius 3 is 2.58 bits per heavy atom. The first-order valence-corrected chi connectivity index (χ1v) is 8.35. The lowest BCUT2D eigenvalue weighted by Crippen LogP contribution is -2.22. The molecule has 0 saturated heterocycles. The molecule has 1 aromatic carbocycles. The lowest BCUT2D eigenvalue weighted by Gasteiger charge is -2.09. The molecule has 0 bridgehead atoms. The van der Waals surface area contributed by atoms with Gasteiger partial charge in [-0.05, 0) is 31.4 Å². The first-order chi connectivity index (χ1) is 11.5. The van der Waals surface area contributed by atoms with Crippen molar-refractivity contribution in [3.05, 3.63) is 38.5 Å². The van der Waals surface area contributed by atoms with Crippen molar-refractivity contribution < 1.29 is 9.13 Å². The maximum absolute atomic E-state index is 14.9. The molecule has 0 spiro atoms. The third kappa shape index (κ3) is 2.92. The molecule has 24 heavy (non-hydrogen) atoms. The van der Waals surface area contributed by atoms with E-state index in [1.165, 1.54) is 21.5 Å². The molecule has 0 amide bonds. The van der Waals surface area contributed by atoms with Crippen LogP contribution in [0.3, 0.4) is 0 Å². The number of aromatic nitrogens is 2. The van der Waals surface area contributed by atoms with E-state index in [1.54, 1.807) is 0 Å². The maximum atomic E-state index is 14.9. The predicted molar refractivity (Wildman–Crippen MR) is 92.3 cm³/mol. The van der Waals surface area contributed by atoms with Gasteiger partial charge in [-0.25, -0.2) is 4.68 Å². The summed E-state index contributed by atoms with van der Waals surface area (Å²) in [6.07, 6.45) is 7.81. The Hall–Kier alpha value is -1.90. The molecule has 1 aromatic heterocycles. The van der Waals surface area contributed by atoms with E-state index in [0.717, 1.165) is 19.3 Å². The van der Waals surface area contributed by atoms with Crippen molar-refractivity contribution in [1.82, 2.24) is 9.36 Å². The van der Waals surface area contributed by atoms with Gasteiger partial charge in [-0.15, -0.1) is 6.42 Å². The monoisotopic (exact) mass is 368 g/mol. The first kappa shape index (κ1) is 16.9. The number of nitrogens with zero attached hydrogens (tertiary/aromatic N) is 2. The fourth-order valence-corrected chi connectivity index (χ4v) is 3.41. The normalized spacial score (nSPS) is 13.9. The number of halogens is 3. The maximum Gasteiger partial charge on any atom is 0.277 e. The number of fused-ring (bicyclic) bond motifs is 1. The van der Waals surface area contributed by atoms with Crippen LogP contribution in [0, 0.1) is 18.3 Å². The highest BCUT2D eigenvalue weighted by Gasteiger charge is 2.25. The fraction of sp³-hybridized carbons (Fsp3) is 0.353. The average molecular weight is 369 g/mol. The zero-order valence-electron chi connectivity index (χ0n) is 12.8. The zero-order valence-corrected chi connectivity index (χ0v) is 14.3. The third-order valence-electron chi connectivity index (χ3n) is 4.01. The summed E-state index contributed by atoms with van der Waals surface area (Å²) in [7, 11) is 0. The summed E-state index contributed by atoms with van der Waals surface area (Å²) in [4.78, 5) is 12.7. The van der Waals surface area contributed by atoms with Gasteiger partial charge < -0.3 is 4.74 Å². The molecular weight excluding hydrogens is 354 g/mol. The van der Waals surface area contributed by atoms with Crippen LogP contribution in [0.15, 0.2) is 16.9 Å². The average Bonchev–Trinajstić information content (AvgIpc) is 2.74. The minimum Gasteiger partial charge on any atom is -0.479 e. The number of hydrogen-bond donors (Lipinski definition) is 0. The number of ether oxygens (including phenoxy) is 1. The number of hydrogen-bond acceptors (Lipinski definition) is 2. The van der Waals surface area contributed by atoms with Gasteiger partial charge in [-0.3, -0.25) is 9.48 Å². The Morgan fingerprint density at radius 1 is 1.17 bits per heavy atom. The molecule has 1 aliphatic rings. The summed E-state index contributed by atoms with van der Waals surface area (Å²) in [5.74, 6) is 2.00. The van der Waals surface area contributed by atoms with Gasteiger partial charge in [0.25, 0.3) is 5.56 Å². The summed E-state index contributed by atoms with van der Waals surface area (Å²) < 4.78 is 23.0. The molecule has 0 saturated carbocycles.